The Bertz CT molecular complexity index is 956. The van der Waals surface area contributed by atoms with Gasteiger partial charge in [0.25, 0.3) is 0 Å². The Hall–Kier alpha value is -2.08. The number of hydrogen-bond acceptors (Lipinski definition) is 2. The van der Waals surface area contributed by atoms with E-state index in [0.29, 0.717) is 26.2 Å². The van der Waals surface area contributed by atoms with Gasteiger partial charge in [-0.1, -0.05) is 35.3 Å². The Balaban J connectivity index is 1.91. The first-order valence-electron chi connectivity index (χ1n) is 6.90. The number of hydrogen-bond donors (Lipinski definition) is 2. The first-order chi connectivity index (χ1) is 11.4. The molecule has 122 valence electrons. The van der Waals surface area contributed by atoms with Gasteiger partial charge in [-0.05, 0) is 53.2 Å². The maximum Gasteiger partial charge on any atom is 0.248 e. The van der Waals surface area contributed by atoms with Gasteiger partial charge in [0, 0.05) is 21.3 Å². The minimum absolute atomic E-state index is 0.414. The molecule has 0 aliphatic rings. The predicted octanol–water partition coefficient (Wildman–Crippen LogP) is 4.38. The zero-order chi connectivity index (χ0) is 17.3. The summed E-state index contributed by atoms with van der Waals surface area (Å²) >= 11 is 11.9. The highest BCUT2D eigenvalue weighted by Gasteiger charge is 2.08. The summed E-state index contributed by atoms with van der Waals surface area (Å²) in [6.45, 7) is 0. The van der Waals surface area contributed by atoms with E-state index in [-0.39, 0.29) is 0 Å². The van der Waals surface area contributed by atoms with Crippen molar-refractivity contribution in [3.8, 4) is 0 Å². The fourth-order valence-corrected chi connectivity index (χ4v) is 3.85. The van der Waals surface area contributed by atoms with Crippen LogP contribution in [0.1, 0.15) is 10.4 Å². The number of amides is 1. The zero-order valence-electron chi connectivity index (χ0n) is 12.3. The van der Waals surface area contributed by atoms with Crippen LogP contribution in [0.25, 0.3) is 10.8 Å². The van der Waals surface area contributed by atoms with Crippen LogP contribution < -0.4 is 10.5 Å². The first-order valence-corrected chi connectivity index (χ1v) is 8.81. The van der Waals surface area contributed by atoms with Crippen molar-refractivity contribution in [3.63, 3.8) is 0 Å². The van der Waals surface area contributed by atoms with Crippen molar-refractivity contribution in [2.24, 2.45) is 5.73 Å². The lowest BCUT2D eigenvalue weighted by atomic mass is 10.1. The molecule has 4 nitrogen and oxygen atoms in total. The third-order valence-corrected chi connectivity index (χ3v) is 4.91. The Morgan fingerprint density at radius 2 is 1.58 bits per heavy atom. The van der Waals surface area contributed by atoms with Crippen molar-refractivity contribution in [2.75, 3.05) is 4.72 Å². The number of nitrogens with one attached hydrogen (secondary N) is 1. The van der Waals surface area contributed by atoms with Crippen molar-refractivity contribution >= 4 is 56.6 Å². The number of carbonyl (C=O) groups excluding carboxylic acids is 1. The number of benzene rings is 3. The van der Waals surface area contributed by atoms with Crippen molar-refractivity contribution in [3.05, 3.63) is 70.2 Å². The molecule has 3 N–H and O–H groups in total. The average Bonchev–Trinajstić information content (AvgIpc) is 2.53. The van der Waals surface area contributed by atoms with Crippen LogP contribution in [0.2, 0.25) is 10.0 Å². The summed E-state index contributed by atoms with van der Waals surface area (Å²) in [7, 11) is -1.52. The maximum atomic E-state index is 12.4. The zero-order valence-corrected chi connectivity index (χ0v) is 14.6. The molecule has 0 heterocycles. The topological polar surface area (TPSA) is 72.2 Å². The van der Waals surface area contributed by atoms with Gasteiger partial charge in [0.15, 0.2) is 0 Å². The Kier molecular flexibility index (Phi) is 4.76. The minimum Gasteiger partial charge on any atom is -0.366 e. The van der Waals surface area contributed by atoms with Crippen LogP contribution in [0.5, 0.6) is 0 Å². The summed E-state index contributed by atoms with van der Waals surface area (Å²) < 4.78 is 15.3. The van der Waals surface area contributed by atoms with Gasteiger partial charge in [0.1, 0.15) is 11.0 Å². The summed E-state index contributed by atoms with van der Waals surface area (Å²) in [6.07, 6.45) is 0. The number of fused-ring (bicyclic) bond motifs is 1. The quantitative estimate of drug-likeness (QED) is 0.706. The third-order valence-electron chi connectivity index (χ3n) is 3.39. The van der Waals surface area contributed by atoms with Crippen molar-refractivity contribution in [1.82, 2.24) is 0 Å². The van der Waals surface area contributed by atoms with Gasteiger partial charge in [-0.25, -0.2) is 4.21 Å². The molecule has 1 unspecified atom stereocenters. The van der Waals surface area contributed by atoms with Gasteiger partial charge in [-0.2, -0.15) is 0 Å². The maximum absolute atomic E-state index is 12.4. The summed E-state index contributed by atoms with van der Waals surface area (Å²) in [4.78, 5) is 11.8. The molecular formula is C17H12Cl2N2O2S. The molecule has 3 rings (SSSR count). The summed E-state index contributed by atoms with van der Waals surface area (Å²) in [5.41, 5.74) is 6.36. The second-order valence-electron chi connectivity index (χ2n) is 5.12. The fourth-order valence-electron chi connectivity index (χ4n) is 2.27. The molecule has 0 aliphatic heterocycles. The lowest BCUT2D eigenvalue weighted by molar-refractivity contribution is 0.100. The molecule has 1 atom stereocenters. The normalized spacial score (nSPS) is 12.1. The number of nitrogens with two attached hydrogens (primary N) is 1. The molecule has 0 saturated carbocycles. The smallest absolute Gasteiger partial charge is 0.248 e. The van der Waals surface area contributed by atoms with Gasteiger partial charge < -0.3 is 10.5 Å². The lowest BCUT2D eigenvalue weighted by Gasteiger charge is -2.09. The lowest BCUT2D eigenvalue weighted by Crippen LogP contribution is -2.10. The van der Waals surface area contributed by atoms with Crippen LogP contribution in [-0.2, 0) is 11.0 Å². The third kappa shape index (κ3) is 3.70. The van der Waals surface area contributed by atoms with E-state index in [2.05, 4.69) is 4.72 Å². The monoisotopic (exact) mass is 378 g/mol. The molecule has 0 spiro atoms. The number of halogens is 2. The molecular weight excluding hydrogens is 367 g/mol. The van der Waals surface area contributed by atoms with E-state index >= 15 is 0 Å². The van der Waals surface area contributed by atoms with Crippen LogP contribution in [0.4, 0.5) is 5.69 Å². The van der Waals surface area contributed by atoms with Gasteiger partial charge in [0.05, 0.1) is 4.90 Å². The van der Waals surface area contributed by atoms with Gasteiger partial charge in [-0.15, -0.1) is 0 Å². The molecule has 1 amide bonds. The van der Waals surface area contributed by atoms with Crippen molar-refractivity contribution < 1.29 is 9.00 Å². The van der Waals surface area contributed by atoms with Crippen LogP contribution in [0.3, 0.4) is 0 Å². The van der Waals surface area contributed by atoms with Crippen LogP contribution in [0.15, 0.2) is 59.5 Å². The number of carbonyl (C=O) groups is 1. The highest BCUT2D eigenvalue weighted by molar-refractivity contribution is 7.86. The van der Waals surface area contributed by atoms with Crippen LogP contribution in [0, 0.1) is 0 Å². The summed E-state index contributed by atoms with van der Waals surface area (Å²) in [5.74, 6) is -0.493. The standard InChI is InChI=1S/C17H12Cl2N2O2S/c18-13-7-14(19)9-16(8-13)24(23)21-15-4-3-10-1-2-11(17(20)22)5-12(10)6-15/h1-9,21H,(H2,20,22). The first kappa shape index (κ1) is 16.8. The summed E-state index contributed by atoms with van der Waals surface area (Å²) in [5, 5.41) is 2.59. The van der Waals surface area contributed by atoms with Gasteiger partial charge in [0.2, 0.25) is 5.91 Å². The van der Waals surface area contributed by atoms with Crippen LogP contribution in [-0.4, -0.2) is 10.1 Å². The molecule has 0 saturated heterocycles. The molecule has 0 aromatic heterocycles. The number of anilines is 1. The number of rotatable bonds is 4. The second-order valence-corrected chi connectivity index (χ2v) is 7.20. The Labute approximate surface area is 151 Å². The largest absolute Gasteiger partial charge is 0.366 e. The van der Waals surface area contributed by atoms with Crippen LogP contribution >= 0.6 is 23.2 Å². The summed E-state index contributed by atoms with van der Waals surface area (Å²) in [6, 6.07) is 15.4. The highest BCUT2D eigenvalue weighted by atomic mass is 35.5. The molecule has 0 bridgehead atoms. The van der Waals surface area contributed by atoms with E-state index in [1.807, 2.05) is 12.1 Å². The second kappa shape index (κ2) is 6.81. The Morgan fingerprint density at radius 3 is 2.25 bits per heavy atom. The number of primary amides is 1. The molecule has 0 aliphatic carbocycles. The van der Waals surface area contributed by atoms with Gasteiger partial charge in [-0.3, -0.25) is 4.79 Å². The average molecular weight is 379 g/mol. The molecule has 24 heavy (non-hydrogen) atoms. The van der Waals surface area contributed by atoms with E-state index in [0.717, 1.165) is 10.8 Å². The fraction of sp³-hybridized carbons (Fsp3) is 0. The van der Waals surface area contributed by atoms with Crippen molar-refractivity contribution in [1.29, 1.82) is 0 Å². The molecule has 3 aromatic carbocycles. The molecule has 0 fully saturated rings. The molecule has 0 radical (unpaired) electrons. The Morgan fingerprint density at radius 1 is 0.917 bits per heavy atom. The van der Waals surface area contributed by atoms with E-state index in [1.54, 1.807) is 42.5 Å². The van der Waals surface area contributed by atoms with E-state index in [4.69, 9.17) is 28.9 Å². The SMILES string of the molecule is NC(=O)c1ccc2ccc(NS(=O)c3cc(Cl)cc(Cl)c3)cc2c1. The van der Waals surface area contributed by atoms with E-state index in [1.165, 1.54) is 0 Å². The highest BCUT2D eigenvalue weighted by Crippen LogP contribution is 2.24. The van der Waals surface area contributed by atoms with E-state index in [9.17, 15) is 9.00 Å². The van der Waals surface area contributed by atoms with Gasteiger partial charge >= 0.3 is 0 Å². The molecule has 7 heteroatoms. The van der Waals surface area contributed by atoms with E-state index < -0.39 is 16.9 Å². The predicted molar refractivity (Wildman–Crippen MR) is 99.0 cm³/mol. The minimum atomic E-state index is -1.52. The van der Waals surface area contributed by atoms with Crippen molar-refractivity contribution in [2.45, 2.75) is 4.90 Å². The molecule has 3 aromatic rings.